The second-order valence-corrected chi connectivity index (χ2v) is 12.5. The first-order valence-corrected chi connectivity index (χ1v) is 16.3. The maximum Gasteiger partial charge on any atom is 0.573 e. The third kappa shape index (κ3) is 8.90. The lowest BCUT2D eigenvalue weighted by Gasteiger charge is -2.32. The lowest BCUT2D eigenvalue weighted by atomic mass is 10.0. The first-order valence-electron chi connectivity index (χ1n) is 15.3. The molecule has 0 bridgehead atoms. The van der Waals surface area contributed by atoms with E-state index in [0.29, 0.717) is 17.4 Å². The Morgan fingerprint density at radius 2 is 1.78 bits per heavy atom. The average Bonchev–Trinajstić information content (AvgIpc) is 3.52. The van der Waals surface area contributed by atoms with E-state index in [4.69, 9.17) is 0 Å². The van der Waals surface area contributed by atoms with Crippen molar-refractivity contribution in [3.8, 4) is 22.8 Å². The minimum absolute atomic E-state index is 0.0247. The van der Waals surface area contributed by atoms with Crippen LogP contribution in [0.15, 0.2) is 84.1 Å². The van der Waals surface area contributed by atoms with Crippen LogP contribution in [0.5, 0.6) is 5.75 Å². The highest BCUT2D eigenvalue weighted by Gasteiger charge is 2.31. The summed E-state index contributed by atoms with van der Waals surface area (Å²) in [6, 6.07) is 21.4. The monoisotopic (exact) mass is 650 g/mol. The lowest BCUT2D eigenvalue weighted by molar-refractivity contribution is -0.274. The van der Waals surface area contributed by atoms with Gasteiger partial charge in [0.2, 0.25) is 0 Å². The highest BCUT2D eigenvalue weighted by Crippen LogP contribution is 2.32. The van der Waals surface area contributed by atoms with Crippen LogP contribution in [0.3, 0.4) is 0 Å². The summed E-state index contributed by atoms with van der Waals surface area (Å²) >= 11 is 1.62. The van der Waals surface area contributed by atoms with Gasteiger partial charge in [0.05, 0.1) is 5.69 Å². The summed E-state index contributed by atoms with van der Waals surface area (Å²) in [7, 11) is 0. The molecular weight excluding hydrogens is 613 g/mol. The Bertz CT molecular complexity index is 1640. The van der Waals surface area contributed by atoms with E-state index in [1.165, 1.54) is 40.8 Å². The third-order valence-corrected chi connectivity index (χ3v) is 8.61. The van der Waals surface area contributed by atoms with Crippen LogP contribution in [0, 0.1) is 0 Å². The molecule has 1 unspecified atom stereocenters. The number of carbonyl (C=O) groups excluding carboxylic acids is 1. The highest BCUT2D eigenvalue weighted by molar-refractivity contribution is 8.14. The number of rotatable bonds is 10. The van der Waals surface area contributed by atoms with E-state index in [-0.39, 0.29) is 17.8 Å². The molecule has 0 spiro atoms. The number of amides is 2. The molecule has 1 atom stereocenters. The molecule has 1 aliphatic rings. The molecule has 1 fully saturated rings. The number of para-hydroxylation sites is 1. The number of benzene rings is 3. The topological polar surface area (TPSA) is 84.6 Å². The van der Waals surface area contributed by atoms with Gasteiger partial charge in [-0.15, -0.1) is 18.3 Å². The fraction of sp³-hybridized carbons (Fsp3) is 0.353. The number of aliphatic imine (C=N–C) groups is 1. The summed E-state index contributed by atoms with van der Waals surface area (Å²) in [5.41, 5.74) is 4.90. The Kier molecular flexibility index (Phi) is 10.7. The number of nitrogens with zero attached hydrogens (tertiary/aromatic N) is 5. The zero-order valence-electron chi connectivity index (χ0n) is 26.0. The van der Waals surface area contributed by atoms with Crippen LogP contribution in [-0.4, -0.2) is 50.7 Å². The van der Waals surface area contributed by atoms with Gasteiger partial charge >= 0.3 is 12.4 Å². The number of anilines is 1. The van der Waals surface area contributed by atoms with Crippen molar-refractivity contribution in [2.45, 2.75) is 64.8 Å². The number of amidine groups is 1. The first-order chi connectivity index (χ1) is 22.1. The predicted molar refractivity (Wildman–Crippen MR) is 177 cm³/mol. The van der Waals surface area contributed by atoms with E-state index < -0.39 is 6.36 Å². The highest BCUT2D eigenvalue weighted by atomic mass is 32.2. The number of aryl methyl sites for hydroxylation is 1. The summed E-state index contributed by atoms with van der Waals surface area (Å²) in [5, 5.41) is 8.25. The summed E-state index contributed by atoms with van der Waals surface area (Å²) < 4.78 is 42.7. The van der Waals surface area contributed by atoms with Crippen molar-refractivity contribution < 1.29 is 22.7 Å². The number of alkyl halides is 3. The molecule has 8 nitrogen and oxygen atoms in total. The predicted octanol–water partition coefficient (Wildman–Crippen LogP) is 8.38. The van der Waals surface area contributed by atoms with Crippen LogP contribution in [0.25, 0.3) is 17.1 Å². The van der Waals surface area contributed by atoms with E-state index in [2.05, 4.69) is 62.1 Å². The van der Waals surface area contributed by atoms with Crippen molar-refractivity contribution in [3.63, 3.8) is 0 Å². The third-order valence-electron chi connectivity index (χ3n) is 7.55. The molecule has 0 aliphatic carbocycles. The second-order valence-electron chi connectivity index (χ2n) is 11.5. The van der Waals surface area contributed by atoms with E-state index >= 15 is 0 Å². The molecule has 2 heterocycles. The maximum absolute atomic E-state index is 12.9. The molecular formula is C34H37F3N6O2S. The van der Waals surface area contributed by atoms with Gasteiger partial charge in [-0.05, 0) is 80.0 Å². The van der Waals surface area contributed by atoms with Crippen LogP contribution in [0.4, 0.5) is 23.7 Å². The number of halogens is 3. The van der Waals surface area contributed by atoms with E-state index in [1.807, 2.05) is 37.3 Å². The molecule has 0 radical (unpaired) electrons. The molecule has 1 saturated heterocycles. The Balaban J connectivity index is 1.11. The van der Waals surface area contributed by atoms with Gasteiger partial charge in [0.1, 0.15) is 12.1 Å². The molecule has 1 N–H and O–H groups in total. The summed E-state index contributed by atoms with van der Waals surface area (Å²) in [6.07, 6.45) is 0.355. The van der Waals surface area contributed by atoms with Crippen LogP contribution < -0.4 is 15.0 Å². The number of nitrogens with one attached hydrogen (secondary N) is 1. The minimum Gasteiger partial charge on any atom is -0.406 e. The van der Waals surface area contributed by atoms with Crippen molar-refractivity contribution in [2.24, 2.45) is 4.99 Å². The number of urea groups is 1. The smallest absolute Gasteiger partial charge is 0.406 e. The van der Waals surface area contributed by atoms with Crippen molar-refractivity contribution >= 4 is 28.6 Å². The standard InChI is InChI=1S/C34H37F3N6O2S/c1-23(2)29-10-4-5-11-30(29)42-20-7-21-46-33(42)40-32(44)39-24(3)8-6-9-25-12-14-26(15-13-25)31-38-22-43(41-31)27-16-18-28(19-17-27)45-34(35,36)37/h4-5,10-19,22-24H,6-9,20-21H2,1-3H3,(H,39,44). The molecule has 46 heavy (non-hydrogen) atoms. The van der Waals surface area contributed by atoms with Gasteiger partial charge in [0.15, 0.2) is 11.0 Å². The average molecular weight is 651 g/mol. The second kappa shape index (κ2) is 14.8. The number of hydrogen-bond donors (Lipinski definition) is 1. The summed E-state index contributed by atoms with van der Waals surface area (Å²) in [6.45, 7) is 7.19. The van der Waals surface area contributed by atoms with Gasteiger partial charge in [-0.1, -0.05) is 68.1 Å². The van der Waals surface area contributed by atoms with Crippen molar-refractivity contribution in [1.29, 1.82) is 0 Å². The lowest BCUT2D eigenvalue weighted by Crippen LogP contribution is -2.37. The number of carbonyl (C=O) groups is 1. The maximum atomic E-state index is 12.9. The zero-order chi connectivity index (χ0) is 32.7. The Morgan fingerprint density at radius 1 is 1.04 bits per heavy atom. The van der Waals surface area contributed by atoms with Gasteiger partial charge < -0.3 is 15.0 Å². The van der Waals surface area contributed by atoms with Crippen LogP contribution >= 0.6 is 11.8 Å². The Labute approximate surface area is 271 Å². The van der Waals surface area contributed by atoms with Crippen LogP contribution in [0.1, 0.15) is 57.1 Å². The molecule has 0 saturated carbocycles. The summed E-state index contributed by atoms with van der Waals surface area (Å²) in [4.78, 5) is 23.9. The van der Waals surface area contributed by atoms with Gasteiger partial charge in [0.25, 0.3) is 0 Å². The normalized spacial score (nSPS) is 15.3. The van der Waals surface area contributed by atoms with Crippen molar-refractivity contribution in [3.05, 3.63) is 90.3 Å². The zero-order valence-corrected chi connectivity index (χ0v) is 26.8. The van der Waals surface area contributed by atoms with Gasteiger partial charge in [0, 0.05) is 29.6 Å². The molecule has 2 amide bonds. The molecule has 1 aromatic heterocycles. The molecule has 3 aromatic carbocycles. The van der Waals surface area contributed by atoms with Gasteiger partial charge in [-0.3, -0.25) is 0 Å². The van der Waals surface area contributed by atoms with Crippen LogP contribution in [0.2, 0.25) is 0 Å². The summed E-state index contributed by atoms with van der Waals surface area (Å²) in [5.74, 6) is 1.51. The molecule has 242 valence electrons. The van der Waals surface area contributed by atoms with Crippen molar-refractivity contribution in [1.82, 2.24) is 20.1 Å². The minimum atomic E-state index is -4.74. The van der Waals surface area contributed by atoms with Gasteiger partial charge in [-0.2, -0.15) is 4.99 Å². The Hall–Kier alpha value is -4.32. The molecule has 12 heteroatoms. The van der Waals surface area contributed by atoms with E-state index in [9.17, 15) is 18.0 Å². The van der Waals surface area contributed by atoms with Crippen molar-refractivity contribution in [2.75, 3.05) is 17.2 Å². The molecule has 4 aromatic rings. The largest absolute Gasteiger partial charge is 0.573 e. The number of ether oxygens (including phenoxy) is 1. The number of thioether (sulfide) groups is 1. The number of aromatic nitrogens is 3. The fourth-order valence-electron chi connectivity index (χ4n) is 5.25. The fourth-order valence-corrected chi connectivity index (χ4v) is 6.20. The van der Waals surface area contributed by atoms with E-state index in [0.717, 1.165) is 60.0 Å². The quantitative estimate of drug-likeness (QED) is 0.186. The molecule has 5 rings (SSSR count). The Morgan fingerprint density at radius 3 is 2.50 bits per heavy atom. The molecule has 1 aliphatic heterocycles. The van der Waals surface area contributed by atoms with E-state index in [1.54, 1.807) is 11.8 Å². The first kappa shape index (κ1) is 33.1. The van der Waals surface area contributed by atoms with Gasteiger partial charge in [-0.25, -0.2) is 14.5 Å². The SMILES string of the molecule is CC(CCCc1ccc(-c2ncn(-c3ccc(OC(F)(F)F)cc3)n2)cc1)NC(=O)N=C1SCCCN1c1ccccc1C(C)C. The van der Waals surface area contributed by atoms with Crippen LogP contribution in [-0.2, 0) is 6.42 Å². The number of hydrogen-bond acceptors (Lipinski definition) is 5.